The Balaban J connectivity index is 3.14. The lowest BCUT2D eigenvalue weighted by Gasteiger charge is -2.25. The minimum Gasteiger partial charge on any atom is -0.480 e. The summed E-state index contributed by atoms with van der Waals surface area (Å²) in [6.45, 7) is 3.57. The van der Waals surface area contributed by atoms with Crippen molar-refractivity contribution in [2.45, 2.75) is 70.1 Å². The maximum absolute atomic E-state index is 13.2. The largest absolute Gasteiger partial charge is 0.480 e. The van der Waals surface area contributed by atoms with E-state index in [1.807, 2.05) is 0 Å². The van der Waals surface area contributed by atoms with E-state index in [0.29, 0.717) is 5.56 Å². The second-order valence-corrected chi connectivity index (χ2v) is 9.12. The van der Waals surface area contributed by atoms with Crippen LogP contribution < -0.4 is 33.2 Å². The summed E-state index contributed by atoms with van der Waals surface area (Å²) in [4.78, 5) is 72.7. The zero-order valence-corrected chi connectivity index (χ0v) is 20.9. The summed E-state index contributed by atoms with van der Waals surface area (Å²) in [5, 5.41) is 16.8. The molecule has 10 N–H and O–H groups in total. The average molecular weight is 521 g/mol. The van der Waals surface area contributed by atoms with Crippen LogP contribution in [0.2, 0.25) is 0 Å². The highest BCUT2D eigenvalue weighted by Crippen LogP contribution is 2.09. The lowest BCUT2D eigenvalue weighted by atomic mass is 10.0. The second kappa shape index (κ2) is 15.2. The normalized spacial score (nSPS) is 14.1. The van der Waals surface area contributed by atoms with E-state index >= 15 is 0 Å². The van der Waals surface area contributed by atoms with E-state index in [4.69, 9.17) is 17.2 Å². The number of hydrogen-bond donors (Lipinski definition) is 7. The maximum Gasteiger partial charge on any atom is 0.326 e. The van der Waals surface area contributed by atoms with Crippen LogP contribution in [0.15, 0.2) is 30.3 Å². The molecule has 4 atom stereocenters. The average Bonchev–Trinajstić information content (AvgIpc) is 2.80. The van der Waals surface area contributed by atoms with Gasteiger partial charge in [-0.15, -0.1) is 0 Å². The van der Waals surface area contributed by atoms with Gasteiger partial charge in [-0.2, -0.15) is 0 Å². The minimum atomic E-state index is -1.32. The van der Waals surface area contributed by atoms with Crippen LogP contribution in [-0.4, -0.2) is 64.8 Å². The number of primary amides is 2. The predicted octanol–water partition coefficient (Wildman–Crippen LogP) is -1.72. The van der Waals surface area contributed by atoms with E-state index in [2.05, 4.69) is 16.0 Å². The molecule has 0 radical (unpaired) electrons. The summed E-state index contributed by atoms with van der Waals surface area (Å²) < 4.78 is 0. The summed E-state index contributed by atoms with van der Waals surface area (Å²) in [5.41, 5.74) is 16.7. The standard InChI is InChI=1S/C24H36N6O7/c1-13(2)10-18(24(36)37)30-22(34)16(8-9-19(26)31)28-23(35)17(11-14-6-4-3-5-7-14)29-21(33)15(25)12-20(27)32/h3-7,13,15-18H,8-12,25H2,1-2H3,(H2,26,31)(H2,27,32)(H,28,35)(H,29,33)(H,30,34)(H,36,37). The zero-order valence-electron chi connectivity index (χ0n) is 20.9. The van der Waals surface area contributed by atoms with Crippen molar-refractivity contribution in [2.24, 2.45) is 23.1 Å². The van der Waals surface area contributed by atoms with Crippen LogP contribution >= 0.6 is 0 Å². The van der Waals surface area contributed by atoms with E-state index in [1.165, 1.54) is 0 Å². The number of carbonyl (C=O) groups excluding carboxylic acids is 5. The Kier molecular flexibility index (Phi) is 12.7. The third-order valence-corrected chi connectivity index (χ3v) is 5.31. The number of carboxylic acid groups (broad SMARTS) is 1. The zero-order chi connectivity index (χ0) is 28.1. The smallest absolute Gasteiger partial charge is 0.326 e. The first-order valence-corrected chi connectivity index (χ1v) is 11.8. The molecule has 0 aromatic heterocycles. The van der Waals surface area contributed by atoms with Gasteiger partial charge in [0.15, 0.2) is 0 Å². The van der Waals surface area contributed by atoms with Gasteiger partial charge in [0.05, 0.1) is 12.5 Å². The molecule has 4 unspecified atom stereocenters. The topological polar surface area (TPSA) is 237 Å². The lowest BCUT2D eigenvalue weighted by Crippen LogP contribution is -2.58. The third-order valence-electron chi connectivity index (χ3n) is 5.31. The Labute approximate surface area is 214 Å². The van der Waals surface area contributed by atoms with E-state index in [9.17, 15) is 33.9 Å². The highest BCUT2D eigenvalue weighted by Gasteiger charge is 2.31. The molecule has 13 heteroatoms. The molecular weight excluding hydrogens is 484 g/mol. The molecule has 0 aliphatic heterocycles. The van der Waals surface area contributed by atoms with Gasteiger partial charge in [0.2, 0.25) is 29.5 Å². The van der Waals surface area contributed by atoms with Crippen molar-refractivity contribution in [3.05, 3.63) is 35.9 Å². The van der Waals surface area contributed by atoms with Gasteiger partial charge in [-0.3, -0.25) is 24.0 Å². The van der Waals surface area contributed by atoms with E-state index in [-0.39, 0.29) is 31.6 Å². The second-order valence-electron chi connectivity index (χ2n) is 9.12. The molecular formula is C24H36N6O7. The summed E-state index contributed by atoms with van der Waals surface area (Å²) in [7, 11) is 0. The van der Waals surface area contributed by atoms with Gasteiger partial charge in [0.25, 0.3) is 0 Å². The first kappa shape index (κ1) is 31.0. The fourth-order valence-corrected chi connectivity index (χ4v) is 3.44. The minimum absolute atomic E-state index is 0.0109. The maximum atomic E-state index is 13.2. The van der Waals surface area contributed by atoms with Crippen molar-refractivity contribution in [1.29, 1.82) is 0 Å². The van der Waals surface area contributed by atoms with Crippen molar-refractivity contribution >= 4 is 35.5 Å². The Bertz CT molecular complexity index is 970. The van der Waals surface area contributed by atoms with Gasteiger partial charge < -0.3 is 38.3 Å². The van der Waals surface area contributed by atoms with Gasteiger partial charge >= 0.3 is 5.97 Å². The summed E-state index contributed by atoms with van der Waals surface area (Å²) in [6, 6.07) is 3.61. The van der Waals surface area contributed by atoms with E-state index in [1.54, 1.807) is 44.2 Å². The molecule has 13 nitrogen and oxygen atoms in total. The molecule has 0 fully saturated rings. The van der Waals surface area contributed by atoms with Crippen LogP contribution in [0.5, 0.6) is 0 Å². The van der Waals surface area contributed by atoms with Crippen LogP contribution in [0, 0.1) is 5.92 Å². The molecule has 0 spiro atoms. The molecule has 5 amide bonds. The quantitative estimate of drug-likeness (QED) is 0.132. The van der Waals surface area contributed by atoms with Crippen molar-refractivity contribution in [3.8, 4) is 0 Å². The van der Waals surface area contributed by atoms with Crippen LogP contribution in [0.3, 0.4) is 0 Å². The predicted molar refractivity (Wildman–Crippen MR) is 133 cm³/mol. The van der Waals surface area contributed by atoms with Gasteiger partial charge in [-0.05, 0) is 24.3 Å². The van der Waals surface area contributed by atoms with Crippen molar-refractivity contribution in [3.63, 3.8) is 0 Å². The summed E-state index contributed by atoms with van der Waals surface area (Å²) >= 11 is 0. The molecule has 37 heavy (non-hydrogen) atoms. The molecule has 0 aliphatic carbocycles. The number of amides is 5. The van der Waals surface area contributed by atoms with Gasteiger partial charge in [-0.1, -0.05) is 44.2 Å². The summed E-state index contributed by atoms with van der Waals surface area (Å²) in [5.74, 6) is -5.24. The molecule has 0 heterocycles. The van der Waals surface area contributed by atoms with Crippen molar-refractivity contribution < 1.29 is 33.9 Å². The number of rotatable bonds is 16. The highest BCUT2D eigenvalue weighted by molar-refractivity contribution is 5.95. The van der Waals surface area contributed by atoms with Gasteiger partial charge in [0, 0.05) is 12.8 Å². The third kappa shape index (κ3) is 12.0. The summed E-state index contributed by atoms with van der Waals surface area (Å²) in [6.07, 6.45) is -0.756. The monoisotopic (exact) mass is 520 g/mol. The van der Waals surface area contributed by atoms with E-state index in [0.717, 1.165) is 0 Å². The molecule has 0 saturated carbocycles. The fraction of sp³-hybridized carbons (Fsp3) is 0.500. The molecule has 1 aromatic carbocycles. The Morgan fingerprint density at radius 2 is 1.35 bits per heavy atom. The Morgan fingerprint density at radius 3 is 1.86 bits per heavy atom. The van der Waals surface area contributed by atoms with E-state index < -0.39 is 66.1 Å². The fourth-order valence-electron chi connectivity index (χ4n) is 3.44. The van der Waals surface area contributed by atoms with Crippen molar-refractivity contribution in [1.82, 2.24) is 16.0 Å². The van der Waals surface area contributed by atoms with Gasteiger partial charge in [-0.25, -0.2) is 4.79 Å². The number of aliphatic carboxylic acids is 1. The first-order valence-electron chi connectivity index (χ1n) is 11.8. The molecule has 204 valence electrons. The number of nitrogens with one attached hydrogen (secondary N) is 3. The molecule has 0 aliphatic rings. The van der Waals surface area contributed by atoms with Crippen LogP contribution in [0.4, 0.5) is 0 Å². The number of carboxylic acids is 1. The SMILES string of the molecule is CC(C)CC(NC(=O)C(CCC(N)=O)NC(=O)C(Cc1ccccc1)NC(=O)C(N)CC(N)=O)C(=O)O. The van der Waals surface area contributed by atoms with Crippen LogP contribution in [0.1, 0.15) is 45.1 Å². The van der Waals surface area contributed by atoms with Crippen molar-refractivity contribution in [2.75, 3.05) is 0 Å². The molecule has 1 aromatic rings. The Morgan fingerprint density at radius 1 is 0.811 bits per heavy atom. The van der Waals surface area contributed by atoms with Crippen LogP contribution in [0.25, 0.3) is 0 Å². The van der Waals surface area contributed by atoms with Gasteiger partial charge in [0.1, 0.15) is 18.1 Å². The molecule has 0 bridgehead atoms. The first-order chi connectivity index (χ1) is 17.3. The number of carbonyl (C=O) groups is 6. The number of hydrogen-bond acceptors (Lipinski definition) is 7. The number of benzene rings is 1. The molecule has 0 saturated heterocycles. The van der Waals surface area contributed by atoms with Crippen LogP contribution in [-0.2, 0) is 35.2 Å². The lowest BCUT2D eigenvalue weighted by molar-refractivity contribution is -0.143. The molecule has 1 rings (SSSR count). The number of nitrogens with two attached hydrogens (primary N) is 3. The Hall–Kier alpha value is -4.00. The highest BCUT2D eigenvalue weighted by atomic mass is 16.4.